The number of urea groups is 2. The normalized spacial score (nSPS) is 16.6. The van der Waals surface area contributed by atoms with Gasteiger partial charge in [-0.2, -0.15) is 0 Å². The van der Waals surface area contributed by atoms with Gasteiger partial charge >= 0.3 is 12.1 Å². The first kappa shape index (κ1) is 25.7. The molecule has 2 aromatic rings. The highest BCUT2D eigenvalue weighted by molar-refractivity contribution is 5.91. The lowest BCUT2D eigenvalue weighted by molar-refractivity contribution is 0.218. The molecule has 2 saturated carbocycles. The van der Waals surface area contributed by atoms with Gasteiger partial charge < -0.3 is 30.7 Å². The van der Waals surface area contributed by atoms with E-state index < -0.39 is 0 Å². The third-order valence-corrected chi connectivity index (χ3v) is 6.75. The van der Waals surface area contributed by atoms with Crippen LogP contribution in [0.1, 0.15) is 64.2 Å². The van der Waals surface area contributed by atoms with E-state index in [0.29, 0.717) is 22.9 Å². The van der Waals surface area contributed by atoms with E-state index in [0.717, 1.165) is 51.4 Å². The Kier molecular flexibility index (Phi) is 9.70. The summed E-state index contributed by atoms with van der Waals surface area (Å²) in [4.78, 5) is 24.9. The molecule has 0 unspecified atom stereocenters. The fraction of sp³-hybridized carbons (Fsp3) is 0.500. The van der Waals surface area contributed by atoms with Gasteiger partial charge in [-0.15, -0.1) is 0 Å². The topological polar surface area (TPSA) is 101 Å². The Morgan fingerprint density at radius 3 is 1.42 bits per heavy atom. The Morgan fingerprint density at radius 2 is 1.00 bits per heavy atom. The number of rotatable bonds is 9. The first-order valence-electron chi connectivity index (χ1n) is 13.3. The summed E-state index contributed by atoms with van der Waals surface area (Å²) in [7, 11) is 0. The molecule has 0 bridgehead atoms. The van der Waals surface area contributed by atoms with Crippen LogP contribution < -0.4 is 30.7 Å². The van der Waals surface area contributed by atoms with E-state index in [-0.39, 0.29) is 37.4 Å². The number of carbonyl (C=O) groups excluding carboxylic acids is 2. The van der Waals surface area contributed by atoms with Gasteiger partial charge in [0.15, 0.2) is 0 Å². The predicted molar refractivity (Wildman–Crippen MR) is 142 cm³/mol. The molecule has 2 aliphatic rings. The predicted octanol–water partition coefficient (Wildman–Crippen LogP) is 6.05. The number of ether oxygens (including phenoxy) is 2. The van der Waals surface area contributed by atoms with Gasteiger partial charge in [-0.1, -0.05) is 62.8 Å². The molecule has 4 rings (SSSR count). The summed E-state index contributed by atoms with van der Waals surface area (Å²) in [5.74, 6) is 1.16. The maximum absolute atomic E-state index is 12.5. The number of anilines is 2. The summed E-state index contributed by atoms with van der Waals surface area (Å²) in [6.45, 7) is 0.567. The molecular formula is C28H38N4O4. The van der Waals surface area contributed by atoms with Crippen LogP contribution >= 0.6 is 0 Å². The van der Waals surface area contributed by atoms with Crippen molar-refractivity contribution in [2.75, 3.05) is 23.8 Å². The maximum atomic E-state index is 12.5. The highest BCUT2D eigenvalue weighted by Crippen LogP contribution is 2.26. The number of para-hydroxylation sites is 4. The van der Waals surface area contributed by atoms with E-state index in [4.69, 9.17) is 9.47 Å². The number of carbonyl (C=O) groups is 2. The first-order chi connectivity index (χ1) is 17.7. The van der Waals surface area contributed by atoms with E-state index in [1.807, 2.05) is 48.5 Å². The molecule has 0 heterocycles. The largest absolute Gasteiger partial charge is 0.488 e. The minimum atomic E-state index is -0.208. The Balaban J connectivity index is 1.23. The molecule has 0 atom stereocenters. The number of nitrogens with one attached hydrogen (secondary N) is 4. The monoisotopic (exact) mass is 494 g/mol. The Hall–Kier alpha value is -3.42. The van der Waals surface area contributed by atoms with Crippen molar-refractivity contribution in [2.45, 2.75) is 76.3 Å². The van der Waals surface area contributed by atoms with Gasteiger partial charge in [-0.05, 0) is 49.9 Å². The van der Waals surface area contributed by atoms with E-state index in [9.17, 15) is 9.59 Å². The number of hydrogen-bond donors (Lipinski definition) is 4. The van der Waals surface area contributed by atoms with Crippen molar-refractivity contribution in [2.24, 2.45) is 0 Å². The Labute approximate surface area is 213 Å². The van der Waals surface area contributed by atoms with Crippen LogP contribution in [-0.2, 0) is 0 Å². The van der Waals surface area contributed by atoms with Gasteiger partial charge in [0.05, 0.1) is 11.4 Å². The lowest BCUT2D eigenvalue weighted by Gasteiger charge is -2.23. The van der Waals surface area contributed by atoms with Crippen LogP contribution in [-0.4, -0.2) is 37.4 Å². The number of amides is 4. The highest BCUT2D eigenvalue weighted by Gasteiger charge is 2.18. The van der Waals surface area contributed by atoms with Crippen molar-refractivity contribution in [1.29, 1.82) is 0 Å². The maximum Gasteiger partial charge on any atom is 0.319 e. The average molecular weight is 495 g/mol. The minimum absolute atomic E-state index is 0.208. The second-order valence-electron chi connectivity index (χ2n) is 9.56. The van der Waals surface area contributed by atoms with Gasteiger partial charge in [0, 0.05) is 12.1 Å². The van der Waals surface area contributed by atoms with Crippen molar-refractivity contribution >= 4 is 23.4 Å². The van der Waals surface area contributed by atoms with Gasteiger partial charge in [0.2, 0.25) is 0 Å². The Morgan fingerprint density at radius 1 is 0.611 bits per heavy atom. The molecule has 194 valence electrons. The van der Waals surface area contributed by atoms with Crippen molar-refractivity contribution < 1.29 is 19.1 Å². The molecule has 4 N–H and O–H groups in total. The minimum Gasteiger partial charge on any atom is -0.488 e. The van der Waals surface area contributed by atoms with Crippen molar-refractivity contribution in [3.8, 4) is 11.5 Å². The van der Waals surface area contributed by atoms with Crippen LogP contribution in [0.2, 0.25) is 0 Å². The van der Waals surface area contributed by atoms with E-state index in [1.54, 1.807) is 0 Å². The molecule has 2 fully saturated rings. The summed E-state index contributed by atoms with van der Waals surface area (Å²) >= 11 is 0. The third-order valence-electron chi connectivity index (χ3n) is 6.75. The number of hydrogen-bond acceptors (Lipinski definition) is 4. The van der Waals surface area contributed by atoms with Crippen LogP contribution in [0.3, 0.4) is 0 Å². The molecule has 8 heteroatoms. The summed E-state index contributed by atoms with van der Waals surface area (Å²) in [6, 6.07) is 14.8. The molecule has 0 radical (unpaired) electrons. The zero-order valence-electron chi connectivity index (χ0n) is 20.9. The van der Waals surface area contributed by atoms with Crippen LogP contribution in [0.5, 0.6) is 11.5 Å². The first-order valence-corrected chi connectivity index (χ1v) is 13.3. The molecule has 2 aliphatic carbocycles. The zero-order valence-corrected chi connectivity index (χ0v) is 20.9. The van der Waals surface area contributed by atoms with Gasteiger partial charge in [-0.3, -0.25) is 0 Å². The fourth-order valence-electron chi connectivity index (χ4n) is 4.88. The SMILES string of the molecule is O=C(Nc1ccccc1OCCOc1ccccc1NC(=O)NC1CCCCC1)NC1CCCCC1. The highest BCUT2D eigenvalue weighted by atomic mass is 16.5. The molecule has 4 amide bonds. The quantitative estimate of drug-likeness (QED) is 0.319. The smallest absolute Gasteiger partial charge is 0.319 e. The fourth-order valence-corrected chi connectivity index (χ4v) is 4.88. The van der Waals surface area contributed by atoms with Crippen LogP contribution in [0.4, 0.5) is 21.0 Å². The third kappa shape index (κ3) is 8.07. The van der Waals surface area contributed by atoms with Crippen LogP contribution in [0.25, 0.3) is 0 Å². The van der Waals surface area contributed by atoms with Gasteiger partial charge in [0.1, 0.15) is 24.7 Å². The number of benzene rings is 2. The standard InChI is InChI=1S/C28H38N4O4/c33-27(29-21-11-3-1-4-12-21)31-23-15-7-9-17-25(23)35-19-20-36-26-18-10-8-16-24(26)32-28(34)30-22-13-5-2-6-14-22/h7-10,15-18,21-22H,1-6,11-14,19-20H2,(H2,29,31,33)(H2,30,32,34). The summed E-state index contributed by atoms with van der Waals surface area (Å²) in [5.41, 5.74) is 1.24. The van der Waals surface area contributed by atoms with E-state index >= 15 is 0 Å². The van der Waals surface area contributed by atoms with Crippen molar-refractivity contribution in [3.63, 3.8) is 0 Å². The molecule has 0 saturated heterocycles. The lowest BCUT2D eigenvalue weighted by atomic mass is 9.96. The molecule has 8 nitrogen and oxygen atoms in total. The van der Waals surface area contributed by atoms with Crippen molar-refractivity contribution in [3.05, 3.63) is 48.5 Å². The van der Waals surface area contributed by atoms with Crippen molar-refractivity contribution in [1.82, 2.24) is 10.6 Å². The molecule has 36 heavy (non-hydrogen) atoms. The van der Waals surface area contributed by atoms with Crippen LogP contribution in [0.15, 0.2) is 48.5 Å². The second kappa shape index (κ2) is 13.6. The second-order valence-corrected chi connectivity index (χ2v) is 9.56. The molecule has 0 aliphatic heterocycles. The molecule has 0 spiro atoms. The van der Waals surface area contributed by atoms with E-state index in [1.165, 1.54) is 12.8 Å². The zero-order chi connectivity index (χ0) is 25.0. The lowest BCUT2D eigenvalue weighted by Crippen LogP contribution is -2.39. The average Bonchev–Trinajstić information content (AvgIpc) is 2.89. The summed E-state index contributed by atoms with van der Waals surface area (Å²) in [6.07, 6.45) is 11.2. The summed E-state index contributed by atoms with van der Waals surface area (Å²) < 4.78 is 11.8. The Bertz CT molecular complexity index is 908. The van der Waals surface area contributed by atoms with Gasteiger partial charge in [0.25, 0.3) is 0 Å². The summed E-state index contributed by atoms with van der Waals surface area (Å²) in [5, 5.41) is 11.9. The molecule has 0 aromatic heterocycles. The van der Waals surface area contributed by atoms with Gasteiger partial charge in [-0.25, -0.2) is 9.59 Å². The molecular weight excluding hydrogens is 456 g/mol. The molecule has 2 aromatic carbocycles. The van der Waals surface area contributed by atoms with Crippen LogP contribution in [0, 0.1) is 0 Å². The van der Waals surface area contributed by atoms with E-state index in [2.05, 4.69) is 21.3 Å².